The van der Waals surface area contributed by atoms with E-state index in [1.54, 1.807) is 0 Å². The van der Waals surface area contributed by atoms with E-state index in [0.717, 1.165) is 29.3 Å². The summed E-state index contributed by atoms with van der Waals surface area (Å²) in [6.45, 7) is 0.849. The van der Waals surface area contributed by atoms with Crippen LogP contribution in [0.25, 0.3) is 5.70 Å². The molecule has 0 atom stereocenters. The van der Waals surface area contributed by atoms with Gasteiger partial charge in [0.1, 0.15) is 0 Å². The van der Waals surface area contributed by atoms with Crippen LogP contribution in [0, 0.1) is 12.0 Å². The molecule has 82 valence electrons. The van der Waals surface area contributed by atoms with Crippen LogP contribution < -0.4 is 5.32 Å². The highest BCUT2D eigenvalue weighted by Crippen LogP contribution is 2.13. The van der Waals surface area contributed by atoms with Gasteiger partial charge in [-0.05, 0) is 18.2 Å². The maximum Gasteiger partial charge on any atom is 0.0886 e. The summed E-state index contributed by atoms with van der Waals surface area (Å²) in [6.07, 6.45) is 6.84. The Hall–Kier alpha value is -2.34. The predicted octanol–water partition coefficient (Wildman–Crippen LogP) is 1.74. The molecular formula is C14H11N3. The molecule has 2 aliphatic heterocycles. The Morgan fingerprint density at radius 1 is 1.24 bits per heavy atom. The largest absolute Gasteiger partial charge is 0.380 e. The Balaban J connectivity index is 1.95. The summed E-state index contributed by atoms with van der Waals surface area (Å²) in [5.74, 6) is 2.93. The van der Waals surface area contributed by atoms with Crippen LogP contribution in [0.5, 0.6) is 0 Å². The minimum atomic E-state index is 0.697. The second-order valence-electron chi connectivity index (χ2n) is 3.82. The first-order valence-corrected chi connectivity index (χ1v) is 5.56. The second kappa shape index (κ2) is 4.26. The maximum absolute atomic E-state index is 4.60. The van der Waals surface area contributed by atoms with E-state index in [1.165, 1.54) is 0 Å². The van der Waals surface area contributed by atoms with Gasteiger partial charge in [0.25, 0.3) is 0 Å². The number of allylic oxidation sites excluding steroid dienone is 2. The Labute approximate surface area is 100.0 Å². The van der Waals surface area contributed by atoms with Crippen molar-refractivity contribution in [1.82, 2.24) is 10.3 Å². The fraction of sp³-hybridized carbons (Fsp3) is 0.143. The molecule has 0 aliphatic carbocycles. The lowest BCUT2D eigenvalue weighted by Gasteiger charge is -2.12. The average molecular weight is 221 g/mol. The zero-order chi connectivity index (χ0) is 11.5. The zero-order valence-electron chi connectivity index (χ0n) is 9.27. The third-order valence-corrected chi connectivity index (χ3v) is 2.66. The van der Waals surface area contributed by atoms with Crippen LogP contribution in [0.1, 0.15) is 17.8 Å². The van der Waals surface area contributed by atoms with E-state index in [2.05, 4.69) is 33.3 Å². The molecule has 0 fully saturated rings. The van der Waals surface area contributed by atoms with Gasteiger partial charge in [-0.2, -0.15) is 4.99 Å². The van der Waals surface area contributed by atoms with Crippen LogP contribution in [0.2, 0.25) is 0 Å². The van der Waals surface area contributed by atoms with Crippen molar-refractivity contribution in [2.24, 2.45) is 4.99 Å². The monoisotopic (exact) mass is 221 g/mol. The van der Waals surface area contributed by atoms with Gasteiger partial charge in [0, 0.05) is 12.6 Å². The standard InChI is InChI=1S/C14H11N3/c1-2-9-15-11(5-1)13-6-3-7-14(17-13)12-8-4-10-16-12/h1-3,5-7,15H,8-9H2. The molecular weight excluding hydrogens is 210 g/mol. The van der Waals surface area contributed by atoms with Gasteiger partial charge in [-0.3, -0.25) is 0 Å². The highest BCUT2D eigenvalue weighted by atomic mass is 14.9. The van der Waals surface area contributed by atoms with Gasteiger partial charge in [-0.15, -0.1) is 0 Å². The van der Waals surface area contributed by atoms with Gasteiger partial charge >= 0.3 is 0 Å². The highest BCUT2D eigenvalue weighted by Gasteiger charge is 2.09. The molecule has 0 saturated heterocycles. The molecule has 3 heteroatoms. The Kier molecular flexibility index (Phi) is 2.47. The van der Waals surface area contributed by atoms with Crippen molar-refractivity contribution in [2.45, 2.75) is 6.42 Å². The van der Waals surface area contributed by atoms with E-state index in [4.69, 9.17) is 0 Å². The van der Waals surface area contributed by atoms with Crippen LogP contribution in [0.15, 0.2) is 41.4 Å². The average Bonchev–Trinajstić information content (AvgIpc) is 2.94. The summed E-state index contributed by atoms with van der Waals surface area (Å²) in [5.41, 5.74) is 3.83. The number of hydrogen-bond donors (Lipinski definition) is 1. The molecule has 1 N–H and O–H groups in total. The first kappa shape index (κ1) is 9.86. The molecule has 0 unspecified atom stereocenters. The van der Waals surface area contributed by atoms with E-state index < -0.39 is 0 Å². The first-order valence-electron chi connectivity index (χ1n) is 5.56. The van der Waals surface area contributed by atoms with Gasteiger partial charge in [0.15, 0.2) is 0 Å². The third-order valence-electron chi connectivity index (χ3n) is 2.66. The van der Waals surface area contributed by atoms with Crippen LogP contribution >= 0.6 is 0 Å². The summed E-state index contributed by atoms with van der Waals surface area (Å²) in [6, 6.07) is 8.69. The molecule has 0 bridgehead atoms. The molecule has 3 heterocycles. The molecule has 0 spiro atoms. The van der Waals surface area contributed by atoms with Gasteiger partial charge in [0.2, 0.25) is 0 Å². The summed E-state index contributed by atoms with van der Waals surface area (Å²) in [4.78, 5) is 8.73. The number of hydrogen-bond acceptors (Lipinski definition) is 3. The first-order chi connectivity index (χ1) is 8.43. The van der Waals surface area contributed by atoms with E-state index in [-0.39, 0.29) is 0 Å². The molecule has 1 aromatic rings. The van der Waals surface area contributed by atoms with E-state index in [1.807, 2.05) is 30.4 Å². The molecule has 3 nitrogen and oxygen atoms in total. The topological polar surface area (TPSA) is 37.3 Å². The van der Waals surface area contributed by atoms with E-state index >= 15 is 0 Å². The fourth-order valence-electron chi connectivity index (χ4n) is 1.80. The number of nitrogens with one attached hydrogen (secondary N) is 1. The van der Waals surface area contributed by atoms with Crippen LogP contribution in [0.3, 0.4) is 0 Å². The number of dihydropyridines is 1. The smallest absolute Gasteiger partial charge is 0.0886 e. The Morgan fingerprint density at radius 3 is 2.94 bits per heavy atom. The van der Waals surface area contributed by atoms with Gasteiger partial charge in [-0.25, -0.2) is 4.98 Å². The Bertz CT molecular complexity index is 597. The number of aromatic nitrogens is 1. The molecule has 1 aromatic heterocycles. The summed E-state index contributed by atoms with van der Waals surface area (Å²) >= 11 is 0. The lowest BCUT2D eigenvalue weighted by Crippen LogP contribution is -2.16. The lowest BCUT2D eigenvalue weighted by molar-refractivity contribution is 0.980. The van der Waals surface area contributed by atoms with Crippen molar-refractivity contribution in [3.8, 4) is 12.0 Å². The highest BCUT2D eigenvalue weighted by molar-refractivity contribution is 6.02. The number of nitrogens with zero attached hydrogens (tertiary/aromatic N) is 2. The normalized spacial score (nSPS) is 16.7. The maximum atomic E-state index is 4.60. The van der Waals surface area contributed by atoms with E-state index in [9.17, 15) is 0 Å². The van der Waals surface area contributed by atoms with Crippen molar-refractivity contribution >= 4 is 11.4 Å². The predicted molar refractivity (Wildman–Crippen MR) is 68.3 cm³/mol. The minimum Gasteiger partial charge on any atom is -0.380 e. The number of aliphatic imine (C=N–C) groups is 1. The van der Waals surface area contributed by atoms with Gasteiger partial charge in [0.05, 0.1) is 29.2 Å². The summed E-state index contributed by atoms with van der Waals surface area (Å²) in [5, 5.41) is 3.29. The molecule has 0 aromatic carbocycles. The summed E-state index contributed by atoms with van der Waals surface area (Å²) in [7, 11) is 0. The van der Waals surface area contributed by atoms with Crippen molar-refractivity contribution < 1.29 is 0 Å². The lowest BCUT2D eigenvalue weighted by atomic mass is 10.1. The van der Waals surface area contributed by atoms with Crippen LogP contribution in [-0.2, 0) is 0 Å². The molecule has 17 heavy (non-hydrogen) atoms. The fourth-order valence-corrected chi connectivity index (χ4v) is 1.80. The van der Waals surface area contributed by atoms with E-state index in [0.29, 0.717) is 6.42 Å². The second-order valence-corrected chi connectivity index (χ2v) is 3.82. The minimum absolute atomic E-state index is 0.697. The zero-order valence-corrected chi connectivity index (χ0v) is 9.27. The van der Waals surface area contributed by atoms with Crippen molar-refractivity contribution in [3.05, 3.63) is 47.8 Å². The molecule has 0 amide bonds. The van der Waals surface area contributed by atoms with Crippen LogP contribution in [-0.4, -0.2) is 17.2 Å². The SMILES string of the molecule is C1#CN=C(c2cccc(C3=CC=CCN3)n2)C1. The van der Waals surface area contributed by atoms with Gasteiger partial charge < -0.3 is 5.32 Å². The van der Waals surface area contributed by atoms with Crippen molar-refractivity contribution in [3.63, 3.8) is 0 Å². The molecule has 3 rings (SSSR count). The molecule has 0 radical (unpaired) electrons. The summed E-state index contributed by atoms with van der Waals surface area (Å²) < 4.78 is 0. The van der Waals surface area contributed by atoms with Crippen molar-refractivity contribution in [1.29, 1.82) is 0 Å². The van der Waals surface area contributed by atoms with Gasteiger partial charge in [-0.1, -0.05) is 24.1 Å². The Morgan fingerprint density at radius 2 is 2.18 bits per heavy atom. The van der Waals surface area contributed by atoms with Crippen LogP contribution in [0.4, 0.5) is 0 Å². The number of pyridine rings is 1. The quantitative estimate of drug-likeness (QED) is 0.772. The number of rotatable bonds is 2. The van der Waals surface area contributed by atoms with Crippen molar-refractivity contribution in [2.75, 3.05) is 6.54 Å². The third kappa shape index (κ3) is 1.98. The molecule has 0 saturated carbocycles. The molecule has 2 aliphatic rings.